The minimum atomic E-state index is -0.384. The van der Waals surface area contributed by atoms with E-state index in [9.17, 15) is 9.59 Å². The molecule has 5 nitrogen and oxygen atoms in total. The fourth-order valence-electron chi connectivity index (χ4n) is 3.17. The molecule has 3 N–H and O–H groups in total. The van der Waals surface area contributed by atoms with Gasteiger partial charge in [-0.15, -0.1) is 0 Å². The molecular formula is C15H29N3O2. The Hall–Kier alpha value is -0.940. The Morgan fingerprint density at radius 3 is 2.50 bits per heavy atom. The Kier molecular flexibility index (Phi) is 6.62. The smallest absolute Gasteiger partial charge is 0.234 e. The first-order valence-electron chi connectivity index (χ1n) is 7.57. The molecule has 0 heterocycles. The SMILES string of the molecule is CC(=O)C(NC(=O)CN(C)C1CCCC1CN)C(C)C. The Bertz CT molecular complexity index is 344. The van der Waals surface area contributed by atoms with Crippen LogP contribution in [0.3, 0.4) is 0 Å². The maximum absolute atomic E-state index is 12.1. The van der Waals surface area contributed by atoms with Crippen molar-refractivity contribution in [2.75, 3.05) is 20.1 Å². The molecule has 1 rings (SSSR count). The van der Waals surface area contributed by atoms with Crippen molar-refractivity contribution in [1.82, 2.24) is 10.2 Å². The fourth-order valence-corrected chi connectivity index (χ4v) is 3.17. The first-order chi connectivity index (χ1) is 9.36. The van der Waals surface area contributed by atoms with Crippen LogP contribution in [0, 0.1) is 11.8 Å². The van der Waals surface area contributed by atoms with E-state index in [1.54, 1.807) is 0 Å². The number of likely N-dealkylation sites (N-methyl/N-ethyl adjacent to an activating group) is 1. The molecule has 0 spiro atoms. The third-order valence-electron chi connectivity index (χ3n) is 4.30. The van der Waals surface area contributed by atoms with Crippen molar-refractivity contribution in [2.24, 2.45) is 17.6 Å². The quantitative estimate of drug-likeness (QED) is 0.724. The first kappa shape index (κ1) is 17.1. The van der Waals surface area contributed by atoms with Gasteiger partial charge in [0.25, 0.3) is 0 Å². The molecule has 116 valence electrons. The molecule has 0 aromatic rings. The van der Waals surface area contributed by atoms with Crippen LogP contribution in [0.2, 0.25) is 0 Å². The number of amides is 1. The summed E-state index contributed by atoms with van der Waals surface area (Å²) in [4.78, 5) is 25.7. The highest BCUT2D eigenvalue weighted by atomic mass is 16.2. The van der Waals surface area contributed by atoms with E-state index < -0.39 is 0 Å². The predicted octanol–water partition coefficient (Wildman–Crippen LogP) is 0.775. The summed E-state index contributed by atoms with van der Waals surface area (Å²) in [5, 5.41) is 2.84. The average molecular weight is 283 g/mol. The molecule has 20 heavy (non-hydrogen) atoms. The van der Waals surface area contributed by atoms with Crippen LogP contribution in [0.4, 0.5) is 0 Å². The standard InChI is InChI=1S/C15H29N3O2/c1-10(2)15(11(3)19)17-14(20)9-18(4)13-7-5-6-12(13)8-16/h10,12-13,15H,5-9,16H2,1-4H3,(H,17,20). The minimum absolute atomic E-state index is 0.0108. The van der Waals surface area contributed by atoms with Crippen molar-refractivity contribution >= 4 is 11.7 Å². The molecule has 1 amide bonds. The number of nitrogens with zero attached hydrogens (tertiary/aromatic N) is 1. The minimum Gasteiger partial charge on any atom is -0.345 e. The van der Waals surface area contributed by atoms with Crippen LogP contribution in [0.5, 0.6) is 0 Å². The van der Waals surface area contributed by atoms with Crippen LogP contribution in [-0.2, 0) is 9.59 Å². The molecule has 3 unspecified atom stereocenters. The lowest BCUT2D eigenvalue weighted by atomic mass is 10.0. The van der Waals surface area contributed by atoms with Crippen molar-refractivity contribution in [3.8, 4) is 0 Å². The van der Waals surface area contributed by atoms with Crippen molar-refractivity contribution in [1.29, 1.82) is 0 Å². The van der Waals surface area contributed by atoms with Crippen molar-refractivity contribution < 1.29 is 9.59 Å². The van der Waals surface area contributed by atoms with Gasteiger partial charge in [-0.05, 0) is 45.2 Å². The number of nitrogens with one attached hydrogen (secondary N) is 1. The maximum Gasteiger partial charge on any atom is 0.234 e. The lowest BCUT2D eigenvalue weighted by molar-refractivity contribution is -0.128. The molecule has 0 aromatic heterocycles. The van der Waals surface area contributed by atoms with Gasteiger partial charge in [-0.1, -0.05) is 20.3 Å². The van der Waals surface area contributed by atoms with E-state index in [0.29, 0.717) is 25.0 Å². The van der Waals surface area contributed by atoms with Gasteiger partial charge in [0.2, 0.25) is 5.91 Å². The molecule has 5 heteroatoms. The van der Waals surface area contributed by atoms with Gasteiger partial charge >= 0.3 is 0 Å². The Morgan fingerprint density at radius 2 is 2.00 bits per heavy atom. The van der Waals surface area contributed by atoms with Crippen LogP contribution in [-0.4, -0.2) is 48.8 Å². The van der Waals surface area contributed by atoms with Gasteiger partial charge < -0.3 is 11.1 Å². The second-order valence-electron chi connectivity index (χ2n) is 6.31. The summed E-state index contributed by atoms with van der Waals surface area (Å²) >= 11 is 0. The van der Waals surface area contributed by atoms with Crippen LogP contribution in [0.1, 0.15) is 40.0 Å². The Balaban J connectivity index is 2.50. The van der Waals surface area contributed by atoms with Crippen molar-refractivity contribution in [2.45, 2.75) is 52.1 Å². The largest absolute Gasteiger partial charge is 0.345 e. The normalized spacial score (nSPS) is 24.1. The van der Waals surface area contributed by atoms with E-state index in [1.807, 2.05) is 20.9 Å². The van der Waals surface area contributed by atoms with Gasteiger partial charge in [0.05, 0.1) is 12.6 Å². The molecular weight excluding hydrogens is 254 g/mol. The predicted molar refractivity (Wildman–Crippen MR) is 80.3 cm³/mol. The van der Waals surface area contributed by atoms with Gasteiger partial charge in [-0.25, -0.2) is 0 Å². The molecule has 0 bridgehead atoms. The zero-order valence-corrected chi connectivity index (χ0v) is 13.2. The second-order valence-corrected chi connectivity index (χ2v) is 6.31. The van der Waals surface area contributed by atoms with Crippen LogP contribution < -0.4 is 11.1 Å². The highest BCUT2D eigenvalue weighted by molar-refractivity contribution is 5.88. The highest BCUT2D eigenvalue weighted by Crippen LogP contribution is 2.28. The second kappa shape index (κ2) is 7.74. The zero-order valence-electron chi connectivity index (χ0n) is 13.2. The summed E-state index contributed by atoms with van der Waals surface area (Å²) in [5.74, 6) is 0.535. The first-order valence-corrected chi connectivity index (χ1v) is 7.57. The Morgan fingerprint density at radius 1 is 1.35 bits per heavy atom. The van der Waals surface area contributed by atoms with Crippen LogP contribution >= 0.6 is 0 Å². The number of hydrogen-bond acceptors (Lipinski definition) is 4. The summed E-state index contributed by atoms with van der Waals surface area (Å²) in [6.45, 7) is 6.42. The molecule has 0 radical (unpaired) electrons. The summed E-state index contributed by atoms with van der Waals surface area (Å²) in [7, 11) is 1.97. The molecule has 0 aromatic carbocycles. The van der Waals surface area contributed by atoms with E-state index in [-0.39, 0.29) is 23.7 Å². The average Bonchev–Trinajstić information content (AvgIpc) is 2.83. The molecule has 1 aliphatic carbocycles. The molecule has 3 atom stereocenters. The number of nitrogens with two attached hydrogens (primary N) is 1. The number of carbonyl (C=O) groups excluding carboxylic acids is 2. The van der Waals surface area contributed by atoms with Gasteiger partial charge in [0.1, 0.15) is 0 Å². The molecule has 0 saturated heterocycles. The van der Waals surface area contributed by atoms with E-state index in [4.69, 9.17) is 5.73 Å². The summed E-state index contributed by atoms with van der Waals surface area (Å²) < 4.78 is 0. The van der Waals surface area contributed by atoms with Gasteiger partial charge in [0, 0.05) is 6.04 Å². The third kappa shape index (κ3) is 4.56. The van der Waals surface area contributed by atoms with E-state index in [1.165, 1.54) is 13.3 Å². The zero-order chi connectivity index (χ0) is 15.3. The van der Waals surface area contributed by atoms with Crippen molar-refractivity contribution in [3.05, 3.63) is 0 Å². The summed E-state index contributed by atoms with van der Waals surface area (Å²) in [6, 6.07) is 0.00496. The van der Waals surface area contributed by atoms with Gasteiger partial charge in [-0.3, -0.25) is 14.5 Å². The number of ketones is 1. The number of hydrogen-bond donors (Lipinski definition) is 2. The lowest BCUT2D eigenvalue weighted by Gasteiger charge is -2.29. The van der Waals surface area contributed by atoms with Crippen LogP contribution in [0.15, 0.2) is 0 Å². The topological polar surface area (TPSA) is 75.4 Å². The van der Waals surface area contributed by atoms with E-state index >= 15 is 0 Å². The summed E-state index contributed by atoms with van der Waals surface area (Å²) in [6.07, 6.45) is 3.43. The van der Waals surface area contributed by atoms with Crippen molar-refractivity contribution in [3.63, 3.8) is 0 Å². The Labute approximate surface area is 122 Å². The third-order valence-corrected chi connectivity index (χ3v) is 4.30. The van der Waals surface area contributed by atoms with Crippen LogP contribution in [0.25, 0.3) is 0 Å². The van der Waals surface area contributed by atoms with Gasteiger partial charge in [0.15, 0.2) is 5.78 Å². The fraction of sp³-hybridized carbons (Fsp3) is 0.867. The maximum atomic E-state index is 12.1. The number of carbonyl (C=O) groups is 2. The van der Waals surface area contributed by atoms with Gasteiger partial charge in [-0.2, -0.15) is 0 Å². The molecule has 1 aliphatic rings. The lowest BCUT2D eigenvalue weighted by Crippen LogP contribution is -2.49. The highest BCUT2D eigenvalue weighted by Gasteiger charge is 2.30. The summed E-state index contributed by atoms with van der Waals surface area (Å²) in [5.41, 5.74) is 5.78. The molecule has 1 saturated carbocycles. The van der Waals surface area contributed by atoms with E-state index in [2.05, 4.69) is 10.2 Å². The monoisotopic (exact) mass is 283 g/mol. The van der Waals surface area contributed by atoms with E-state index in [0.717, 1.165) is 12.8 Å². The number of Topliss-reactive ketones (excluding diaryl/α,β-unsaturated/α-hetero) is 1. The molecule has 1 fully saturated rings. The number of rotatable bonds is 7. The molecule has 0 aliphatic heterocycles.